The molecule has 2 N–H and O–H groups in total. The van der Waals surface area contributed by atoms with Crippen molar-refractivity contribution in [3.63, 3.8) is 0 Å². The van der Waals surface area contributed by atoms with Crippen molar-refractivity contribution < 1.29 is 19.1 Å². The number of hydrogen-bond donors (Lipinski definition) is 1. The second-order valence-corrected chi connectivity index (χ2v) is 7.77. The largest absolute Gasteiger partial charge is 0.444 e. The minimum absolute atomic E-state index is 0.0259. The number of carbonyl (C=O) groups is 3. The van der Waals surface area contributed by atoms with Gasteiger partial charge in [0.2, 0.25) is 11.8 Å². The topological polar surface area (TPSA) is 92.9 Å². The third-order valence-corrected chi connectivity index (χ3v) is 4.67. The summed E-state index contributed by atoms with van der Waals surface area (Å²) in [5, 5.41) is 0. The van der Waals surface area contributed by atoms with Crippen LogP contribution in [0.25, 0.3) is 0 Å². The van der Waals surface area contributed by atoms with Crippen LogP contribution in [0.1, 0.15) is 47.0 Å². The number of nitrogens with zero attached hydrogens (tertiary/aromatic N) is 2. The monoisotopic (exact) mass is 325 g/mol. The highest BCUT2D eigenvalue weighted by Crippen LogP contribution is 2.34. The molecule has 0 aliphatic carbocycles. The fourth-order valence-corrected chi connectivity index (χ4v) is 3.19. The van der Waals surface area contributed by atoms with E-state index in [1.54, 1.807) is 9.80 Å². The van der Waals surface area contributed by atoms with Gasteiger partial charge in [-0.05, 0) is 40.5 Å². The van der Waals surface area contributed by atoms with E-state index in [4.69, 9.17) is 10.5 Å². The van der Waals surface area contributed by atoms with E-state index in [0.29, 0.717) is 32.5 Å². The number of nitrogens with two attached hydrogens (primary N) is 1. The Morgan fingerprint density at radius 3 is 2.26 bits per heavy atom. The van der Waals surface area contributed by atoms with Crippen LogP contribution in [0.4, 0.5) is 4.79 Å². The standard InChI is InChI=1S/C16H27N3O4/c1-15(2,3)23-14(22)18-7-5-16(4,6-8-18)19-10-11(13(17)21)9-12(19)20/h11H,5-10H2,1-4H3,(H2,17,21). The van der Waals surface area contributed by atoms with Crippen LogP contribution in [0.5, 0.6) is 0 Å². The van der Waals surface area contributed by atoms with E-state index in [9.17, 15) is 14.4 Å². The lowest BCUT2D eigenvalue weighted by Gasteiger charge is -2.45. The summed E-state index contributed by atoms with van der Waals surface area (Å²) in [5.74, 6) is -0.846. The van der Waals surface area contributed by atoms with Gasteiger partial charge < -0.3 is 20.3 Å². The van der Waals surface area contributed by atoms with Crippen molar-refractivity contribution in [2.45, 2.75) is 58.1 Å². The fraction of sp³-hybridized carbons (Fsp3) is 0.812. The number of primary amides is 1. The summed E-state index contributed by atoms with van der Waals surface area (Å²) in [6.45, 7) is 8.99. The van der Waals surface area contributed by atoms with Gasteiger partial charge in [-0.15, -0.1) is 0 Å². The van der Waals surface area contributed by atoms with Crippen molar-refractivity contribution in [2.24, 2.45) is 11.7 Å². The van der Waals surface area contributed by atoms with E-state index in [1.807, 2.05) is 27.7 Å². The number of carbonyl (C=O) groups excluding carboxylic acids is 3. The fourth-order valence-electron chi connectivity index (χ4n) is 3.19. The van der Waals surface area contributed by atoms with Gasteiger partial charge in [0.1, 0.15) is 5.60 Å². The van der Waals surface area contributed by atoms with Crippen molar-refractivity contribution in [3.8, 4) is 0 Å². The first-order valence-electron chi connectivity index (χ1n) is 8.09. The lowest BCUT2D eigenvalue weighted by atomic mass is 9.88. The van der Waals surface area contributed by atoms with Gasteiger partial charge in [0.05, 0.1) is 5.92 Å². The first kappa shape index (κ1) is 17.6. The van der Waals surface area contributed by atoms with Gasteiger partial charge in [-0.2, -0.15) is 0 Å². The molecular weight excluding hydrogens is 298 g/mol. The molecule has 0 bridgehead atoms. The molecule has 0 radical (unpaired) electrons. The van der Waals surface area contributed by atoms with Gasteiger partial charge in [0.25, 0.3) is 0 Å². The van der Waals surface area contributed by atoms with Crippen molar-refractivity contribution in [1.29, 1.82) is 0 Å². The third-order valence-electron chi connectivity index (χ3n) is 4.67. The average Bonchev–Trinajstić information content (AvgIpc) is 2.80. The molecule has 1 unspecified atom stereocenters. The Hall–Kier alpha value is -1.79. The van der Waals surface area contributed by atoms with Crippen LogP contribution < -0.4 is 5.73 Å². The predicted molar refractivity (Wildman–Crippen MR) is 84.5 cm³/mol. The Morgan fingerprint density at radius 2 is 1.83 bits per heavy atom. The van der Waals surface area contributed by atoms with Crippen LogP contribution in [-0.2, 0) is 14.3 Å². The summed E-state index contributed by atoms with van der Waals surface area (Å²) in [6.07, 6.45) is 1.22. The third kappa shape index (κ3) is 3.95. The molecule has 2 aliphatic rings. The number of amides is 3. The molecule has 7 nitrogen and oxygen atoms in total. The summed E-state index contributed by atoms with van der Waals surface area (Å²) in [7, 11) is 0. The van der Waals surface area contributed by atoms with Gasteiger partial charge in [0.15, 0.2) is 0 Å². The van der Waals surface area contributed by atoms with Crippen molar-refractivity contribution >= 4 is 17.9 Å². The van der Waals surface area contributed by atoms with E-state index >= 15 is 0 Å². The van der Waals surface area contributed by atoms with E-state index in [-0.39, 0.29) is 24.0 Å². The molecule has 2 saturated heterocycles. The second-order valence-electron chi connectivity index (χ2n) is 7.77. The molecular formula is C16H27N3O4. The summed E-state index contributed by atoms with van der Waals surface area (Å²) in [5.41, 5.74) is 4.48. The molecule has 0 saturated carbocycles. The second kappa shape index (κ2) is 6.02. The molecule has 2 fully saturated rings. The van der Waals surface area contributed by atoms with Gasteiger partial charge in [0, 0.05) is 31.6 Å². The highest BCUT2D eigenvalue weighted by atomic mass is 16.6. The molecule has 1 atom stereocenters. The van der Waals surface area contributed by atoms with Gasteiger partial charge in [-0.1, -0.05) is 0 Å². The Balaban J connectivity index is 1.96. The van der Waals surface area contributed by atoms with E-state index < -0.39 is 17.4 Å². The molecule has 2 rings (SSSR count). The lowest BCUT2D eigenvalue weighted by molar-refractivity contribution is -0.134. The first-order chi connectivity index (χ1) is 10.5. The van der Waals surface area contributed by atoms with Crippen molar-refractivity contribution in [1.82, 2.24) is 9.80 Å². The van der Waals surface area contributed by atoms with Crippen molar-refractivity contribution in [3.05, 3.63) is 0 Å². The van der Waals surface area contributed by atoms with Gasteiger partial charge in [-0.3, -0.25) is 9.59 Å². The van der Waals surface area contributed by atoms with E-state index in [1.165, 1.54) is 0 Å². The average molecular weight is 325 g/mol. The van der Waals surface area contributed by atoms with E-state index in [2.05, 4.69) is 0 Å². The van der Waals surface area contributed by atoms with Gasteiger partial charge >= 0.3 is 6.09 Å². The maximum Gasteiger partial charge on any atom is 0.410 e. The van der Waals surface area contributed by atoms with Crippen LogP contribution >= 0.6 is 0 Å². The summed E-state index contributed by atoms with van der Waals surface area (Å²) in [4.78, 5) is 39.1. The van der Waals surface area contributed by atoms with Crippen LogP contribution in [0.3, 0.4) is 0 Å². The SMILES string of the molecule is CC(C)(C)OC(=O)N1CCC(C)(N2CC(C(N)=O)CC2=O)CC1. The predicted octanol–water partition coefficient (Wildman–Crippen LogP) is 1.11. The maximum absolute atomic E-state index is 12.2. The van der Waals surface area contributed by atoms with Gasteiger partial charge in [-0.25, -0.2) is 4.79 Å². The van der Waals surface area contributed by atoms with Crippen molar-refractivity contribution in [2.75, 3.05) is 19.6 Å². The molecule has 130 valence electrons. The first-order valence-corrected chi connectivity index (χ1v) is 8.09. The molecule has 0 spiro atoms. The molecule has 2 heterocycles. The van der Waals surface area contributed by atoms with E-state index in [0.717, 1.165) is 0 Å². The molecule has 23 heavy (non-hydrogen) atoms. The molecule has 2 aliphatic heterocycles. The Labute approximate surface area is 137 Å². The zero-order valence-electron chi connectivity index (χ0n) is 14.4. The number of rotatable bonds is 2. The zero-order valence-corrected chi connectivity index (χ0v) is 14.4. The number of ether oxygens (including phenoxy) is 1. The number of likely N-dealkylation sites (tertiary alicyclic amines) is 2. The Bertz CT molecular complexity index is 504. The number of piperidine rings is 1. The molecule has 3 amide bonds. The zero-order chi connectivity index (χ0) is 17.4. The lowest BCUT2D eigenvalue weighted by Crippen LogP contribution is -2.55. The minimum Gasteiger partial charge on any atom is -0.444 e. The van der Waals surface area contributed by atoms with Crippen LogP contribution in [0.15, 0.2) is 0 Å². The summed E-state index contributed by atoms with van der Waals surface area (Å²) >= 11 is 0. The maximum atomic E-state index is 12.2. The molecule has 0 aromatic carbocycles. The number of hydrogen-bond acceptors (Lipinski definition) is 4. The van der Waals surface area contributed by atoms with Crippen LogP contribution in [-0.4, -0.2) is 58.5 Å². The molecule has 0 aromatic rings. The van der Waals surface area contributed by atoms with Crippen LogP contribution in [0, 0.1) is 5.92 Å². The molecule has 0 aromatic heterocycles. The normalized spacial score (nSPS) is 24.7. The summed E-state index contributed by atoms with van der Waals surface area (Å²) in [6, 6.07) is 0. The van der Waals surface area contributed by atoms with Crippen LogP contribution in [0.2, 0.25) is 0 Å². The smallest absolute Gasteiger partial charge is 0.410 e. The highest BCUT2D eigenvalue weighted by molar-refractivity contribution is 5.88. The quantitative estimate of drug-likeness (QED) is 0.823. The highest BCUT2D eigenvalue weighted by Gasteiger charge is 2.45. The Morgan fingerprint density at radius 1 is 1.26 bits per heavy atom. The Kier molecular flexibility index (Phi) is 4.59. The summed E-state index contributed by atoms with van der Waals surface area (Å²) < 4.78 is 5.39. The molecule has 7 heteroatoms. The minimum atomic E-state index is -0.516.